The van der Waals surface area contributed by atoms with Crippen LogP contribution in [0.4, 0.5) is 4.39 Å². The van der Waals surface area contributed by atoms with E-state index in [2.05, 4.69) is 15.9 Å². The zero-order valence-corrected chi connectivity index (χ0v) is 10.7. The third-order valence-electron chi connectivity index (χ3n) is 1.60. The van der Waals surface area contributed by atoms with Gasteiger partial charge in [-0.1, -0.05) is 23.2 Å². The highest BCUT2D eigenvalue weighted by atomic mass is 79.9. The molecule has 1 rings (SSSR count). The number of halogens is 4. The molecular formula is C9H6BrCl2FO2. The number of carbonyl (C=O) groups is 1. The lowest BCUT2D eigenvalue weighted by Crippen LogP contribution is -2.06. The predicted molar refractivity (Wildman–Crippen MR) is 60.1 cm³/mol. The van der Waals surface area contributed by atoms with Gasteiger partial charge in [-0.25, -0.2) is 9.18 Å². The highest BCUT2D eigenvalue weighted by Crippen LogP contribution is 2.35. The van der Waals surface area contributed by atoms with Crippen molar-refractivity contribution in [3.05, 3.63) is 32.0 Å². The largest absolute Gasteiger partial charge is 0.462 e. The molecule has 2 nitrogen and oxygen atoms in total. The normalized spacial score (nSPS) is 10.2. The van der Waals surface area contributed by atoms with Crippen LogP contribution in [0.1, 0.15) is 17.3 Å². The third-order valence-corrected chi connectivity index (χ3v) is 3.61. The van der Waals surface area contributed by atoms with Gasteiger partial charge in [-0.2, -0.15) is 0 Å². The fourth-order valence-electron chi connectivity index (χ4n) is 0.930. The van der Waals surface area contributed by atoms with Crippen LogP contribution in [0, 0.1) is 5.82 Å². The molecule has 1 aromatic carbocycles. The lowest BCUT2D eigenvalue weighted by atomic mass is 10.2. The minimum Gasteiger partial charge on any atom is -0.462 e. The number of ether oxygens (including phenoxy) is 1. The molecule has 15 heavy (non-hydrogen) atoms. The molecule has 0 bridgehead atoms. The summed E-state index contributed by atoms with van der Waals surface area (Å²) in [7, 11) is 0. The number of hydrogen-bond acceptors (Lipinski definition) is 2. The van der Waals surface area contributed by atoms with Crippen LogP contribution in [0.25, 0.3) is 0 Å². The van der Waals surface area contributed by atoms with Gasteiger partial charge in [-0.15, -0.1) is 0 Å². The summed E-state index contributed by atoms with van der Waals surface area (Å²) in [6.07, 6.45) is 0. The van der Waals surface area contributed by atoms with E-state index in [0.717, 1.165) is 6.07 Å². The Balaban J connectivity index is 3.26. The van der Waals surface area contributed by atoms with Gasteiger partial charge in [-0.3, -0.25) is 0 Å². The van der Waals surface area contributed by atoms with Crippen molar-refractivity contribution in [3.63, 3.8) is 0 Å². The van der Waals surface area contributed by atoms with E-state index in [9.17, 15) is 9.18 Å². The summed E-state index contributed by atoms with van der Waals surface area (Å²) in [6, 6.07) is 0.952. The second kappa shape index (κ2) is 5.14. The molecule has 0 aliphatic heterocycles. The highest BCUT2D eigenvalue weighted by Gasteiger charge is 2.19. The first-order valence-electron chi connectivity index (χ1n) is 3.99. The Morgan fingerprint density at radius 1 is 1.53 bits per heavy atom. The van der Waals surface area contributed by atoms with E-state index in [0.29, 0.717) is 0 Å². The van der Waals surface area contributed by atoms with E-state index in [-0.39, 0.29) is 26.7 Å². The third kappa shape index (κ3) is 2.62. The van der Waals surface area contributed by atoms with E-state index in [1.54, 1.807) is 6.92 Å². The van der Waals surface area contributed by atoms with Gasteiger partial charge >= 0.3 is 5.97 Å². The maximum absolute atomic E-state index is 13.2. The molecule has 0 N–H and O–H groups in total. The second-order valence-corrected chi connectivity index (χ2v) is 4.12. The monoisotopic (exact) mass is 314 g/mol. The molecule has 0 unspecified atom stereocenters. The number of benzene rings is 1. The van der Waals surface area contributed by atoms with Crippen LogP contribution < -0.4 is 0 Å². The molecule has 0 aromatic heterocycles. The van der Waals surface area contributed by atoms with Gasteiger partial charge in [0.15, 0.2) is 0 Å². The van der Waals surface area contributed by atoms with Crippen LogP contribution >= 0.6 is 39.1 Å². The Kier molecular flexibility index (Phi) is 4.37. The first-order valence-corrected chi connectivity index (χ1v) is 5.54. The molecule has 0 aliphatic carbocycles. The van der Waals surface area contributed by atoms with Gasteiger partial charge in [0.05, 0.1) is 26.7 Å². The first kappa shape index (κ1) is 12.7. The molecule has 0 aliphatic rings. The van der Waals surface area contributed by atoms with Gasteiger partial charge in [0.1, 0.15) is 5.82 Å². The van der Waals surface area contributed by atoms with E-state index < -0.39 is 11.8 Å². The average molecular weight is 316 g/mol. The fraction of sp³-hybridized carbons (Fsp3) is 0.222. The number of hydrogen-bond donors (Lipinski definition) is 0. The van der Waals surface area contributed by atoms with E-state index in [1.807, 2.05) is 0 Å². The van der Waals surface area contributed by atoms with Crippen molar-refractivity contribution >= 4 is 45.1 Å². The SMILES string of the molecule is CCOC(=O)c1cc(F)c(Cl)c(Br)c1Cl. The van der Waals surface area contributed by atoms with Crippen molar-refractivity contribution in [1.29, 1.82) is 0 Å². The summed E-state index contributed by atoms with van der Waals surface area (Å²) in [5, 5.41) is -0.118. The summed E-state index contributed by atoms with van der Waals surface area (Å²) in [4.78, 5) is 11.3. The summed E-state index contributed by atoms with van der Waals surface area (Å²) in [5.74, 6) is -1.41. The van der Waals surface area contributed by atoms with Crippen molar-refractivity contribution in [3.8, 4) is 0 Å². The summed E-state index contributed by atoms with van der Waals surface area (Å²) >= 11 is 14.4. The Labute approximate surface area is 104 Å². The molecule has 0 atom stereocenters. The topological polar surface area (TPSA) is 26.3 Å². The maximum atomic E-state index is 13.2. The zero-order valence-electron chi connectivity index (χ0n) is 7.61. The zero-order chi connectivity index (χ0) is 11.6. The van der Waals surface area contributed by atoms with Gasteiger partial charge in [0.2, 0.25) is 0 Å². The fourth-order valence-corrected chi connectivity index (χ4v) is 1.76. The second-order valence-electron chi connectivity index (χ2n) is 2.57. The quantitative estimate of drug-likeness (QED) is 0.467. The van der Waals surface area contributed by atoms with Gasteiger partial charge < -0.3 is 4.74 Å². The molecule has 6 heteroatoms. The smallest absolute Gasteiger partial charge is 0.339 e. The molecule has 0 saturated carbocycles. The van der Waals surface area contributed by atoms with Crippen LogP contribution in [-0.4, -0.2) is 12.6 Å². The van der Waals surface area contributed by atoms with Crippen LogP contribution in [-0.2, 0) is 4.74 Å². The molecule has 0 saturated heterocycles. The van der Waals surface area contributed by atoms with Crippen molar-refractivity contribution in [2.75, 3.05) is 6.61 Å². The van der Waals surface area contributed by atoms with Crippen LogP contribution in [0.2, 0.25) is 10.0 Å². The molecule has 0 spiro atoms. The highest BCUT2D eigenvalue weighted by molar-refractivity contribution is 9.10. The molecule has 0 heterocycles. The molecule has 1 aromatic rings. The minimum atomic E-state index is -0.726. The van der Waals surface area contributed by atoms with E-state index >= 15 is 0 Å². The first-order chi connectivity index (χ1) is 6.99. The van der Waals surface area contributed by atoms with Gasteiger partial charge in [-0.05, 0) is 28.9 Å². The number of carbonyl (C=O) groups excluding carboxylic acids is 1. The van der Waals surface area contributed by atoms with Crippen molar-refractivity contribution in [2.24, 2.45) is 0 Å². The molecule has 0 radical (unpaired) electrons. The molecular weight excluding hydrogens is 310 g/mol. The van der Waals surface area contributed by atoms with Crippen LogP contribution in [0.5, 0.6) is 0 Å². The van der Waals surface area contributed by atoms with Crippen molar-refractivity contribution in [2.45, 2.75) is 6.92 Å². The Morgan fingerprint density at radius 2 is 2.13 bits per heavy atom. The Morgan fingerprint density at radius 3 is 2.67 bits per heavy atom. The average Bonchev–Trinajstić information content (AvgIpc) is 2.20. The lowest BCUT2D eigenvalue weighted by Gasteiger charge is -2.07. The molecule has 82 valence electrons. The Hall–Kier alpha value is -0.320. The van der Waals surface area contributed by atoms with Crippen molar-refractivity contribution in [1.82, 2.24) is 0 Å². The maximum Gasteiger partial charge on any atom is 0.339 e. The standard InChI is InChI=1S/C9H6BrCl2FO2/c1-2-15-9(14)4-3-5(13)8(12)6(10)7(4)11/h3H,2H2,1H3. The Bertz CT molecular complexity index is 410. The van der Waals surface area contributed by atoms with Gasteiger partial charge in [0.25, 0.3) is 0 Å². The van der Waals surface area contributed by atoms with Crippen LogP contribution in [0.3, 0.4) is 0 Å². The summed E-state index contributed by atoms with van der Waals surface area (Å²) in [6.45, 7) is 1.84. The van der Waals surface area contributed by atoms with Gasteiger partial charge in [0, 0.05) is 0 Å². The van der Waals surface area contributed by atoms with E-state index in [1.165, 1.54) is 0 Å². The van der Waals surface area contributed by atoms with E-state index in [4.69, 9.17) is 27.9 Å². The molecule has 0 amide bonds. The number of rotatable bonds is 2. The van der Waals surface area contributed by atoms with Crippen molar-refractivity contribution < 1.29 is 13.9 Å². The minimum absolute atomic E-state index is 0.0415. The van der Waals surface area contributed by atoms with Crippen LogP contribution in [0.15, 0.2) is 10.5 Å². The summed E-state index contributed by atoms with van der Waals surface area (Å²) < 4.78 is 18.0. The lowest BCUT2D eigenvalue weighted by molar-refractivity contribution is 0.0526. The number of esters is 1. The summed E-state index contributed by atoms with van der Waals surface area (Å²) in [5.41, 5.74) is -0.0488. The predicted octanol–water partition coefficient (Wildman–Crippen LogP) is 4.07. The molecule has 0 fully saturated rings.